The Labute approximate surface area is 116 Å². The Balaban J connectivity index is 2.11. The summed E-state index contributed by atoms with van der Waals surface area (Å²) in [7, 11) is 2.09. The van der Waals surface area contributed by atoms with Gasteiger partial charge in [0.2, 0.25) is 0 Å². The second kappa shape index (κ2) is 4.94. The zero-order valence-corrected chi connectivity index (χ0v) is 11.3. The molecule has 2 heterocycles. The number of likely N-dealkylation sites (N-methyl/N-ethyl adjacent to an activating group) is 1. The molecule has 0 unspecified atom stereocenters. The molecule has 0 spiro atoms. The third-order valence-corrected chi connectivity index (χ3v) is 3.72. The predicted molar refractivity (Wildman–Crippen MR) is 76.8 cm³/mol. The molecule has 0 aliphatic carbocycles. The average molecular weight is 269 g/mol. The molecule has 6 heteroatoms. The highest BCUT2D eigenvalue weighted by molar-refractivity contribution is 5.87. The summed E-state index contributed by atoms with van der Waals surface area (Å²) >= 11 is 0. The smallest absolute Gasteiger partial charge is 0.258 e. The van der Waals surface area contributed by atoms with Gasteiger partial charge in [0.1, 0.15) is 6.07 Å². The van der Waals surface area contributed by atoms with Gasteiger partial charge >= 0.3 is 0 Å². The summed E-state index contributed by atoms with van der Waals surface area (Å²) < 4.78 is 0. The summed E-state index contributed by atoms with van der Waals surface area (Å²) in [6.45, 7) is 3.74. The molecule has 1 saturated heterocycles. The molecule has 1 N–H and O–H groups in total. The molecule has 1 fully saturated rings. The molecule has 0 amide bonds. The molecule has 0 radical (unpaired) electrons. The normalized spacial score (nSPS) is 16.3. The largest absolute Gasteiger partial charge is 0.369 e. The molecular weight excluding hydrogens is 254 g/mol. The molecule has 1 aliphatic rings. The number of aromatic nitrogens is 2. The van der Waals surface area contributed by atoms with E-state index < -0.39 is 0 Å². The molecule has 1 aliphatic heterocycles. The number of nitrogens with zero attached hydrogens (tertiary/aromatic N) is 4. The van der Waals surface area contributed by atoms with E-state index in [0.29, 0.717) is 16.5 Å². The van der Waals surface area contributed by atoms with E-state index >= 15 is 0 Å². The van der Waals surface area contributed by atoms with Crippen LogP contribution in [0.15, 0.2) is 23.3 Å². The SMILES string of the molecule is CN1CCN(c2cc(C#N)c3nc[nH]c(=O)c3c2)CC1. The van der Waals surface area contributed by atoms with Crippen molar-refractivity contribution in [1.82, 2.24) is 14.9 Å². The lowest BCUT2D eigenvalue weighted by molar-refractivity contribution is 0.313. The van der Waals surface area contributed by atoms with Crippen LogP contribution in [0.1, 0.15) is 5.56 Å². The number of nitrogens with one attached hydrogen (secondary N) is 1. The molecular formula is C14H15N5O. The molecule has 2 aromatic rings. The number of piperazine rings is 1. The molecule has 20 heavy (non-hydrogen) atoms. The average Bonchev–Trinajstić information content (AvgIpc) is 2.47. The van der Waals surface area contributed by atoms with Crippen LogP contribution in [0.5, 0.6) is 0 Å². The summed E-state index contributed by atoms with van der Waals surface area (Å²) in [4.78, 5) is 23.0. The van der Waals surface area contributed by atoms with Gasteiger partial charge in [-0.25, -0.2) is 4.98 Å². The molecule has 102 valence electrons. The van der Waals surface area contributed by atoms with Gasteiger partial charge in [-0.2, -0.15) is 5.26 Å². The standard InChI is InChI=1S/C14H15N5O/c1-18-2-4-19(5-3-18)11-6-10(8-15)13-12(7-11)14(20)17-9-16-13/h6-7,9H,2-5H2,1H3,(H,16,17,20). The highest BCUT2D eigenvalue weighted by Crippen LogP contribution is 2.23. The fourth-order valence-electron chi connectivity index (χ4n) is 2.50. The Morgan fingerprint density at radius 2 is 2.05 bits per heavy atom. The Bertz CT molecular complexity index is 737. The monoisotopic (exact) mass is 269 g/mol. The molecule has 0 saturated carbocycles. The van der Waals surface area contributed by atoms with Crippen molar-refractivity contribution >= 4 is 16.6 Å². The fraction of sp³-hybridized carbons (Fsp3) is 0.357. The summed E-state index contributed by atoms with van der Waals surface area (Å²) in [5, 5.41) is 9.74. The van der Waals surface area contributed by atoms with Crippen molar-refractivity contribution in [2.45, 2.75) is 0 Å². The fourth-order valence-corrected chi connectivity index (χ4v) is 2.50. The Hall–Kier alpha value is -2.39. The van der Waals surface area contributed by atoms with Crippen molar-refractivity contribution in [2.75, 3.05) is 38.1 Å². The zero-order chi connectivity index (χ0) is 14.1. The maximum Gasteiger partial charge on any atom is 0.258 e. The Kier molecular flexibility index (Phi) is 3.12. The van der Waals surface area contributed by atoms with E-state index in [1.807, 2.05) is 12.1 Å². The number of aromatic amines is 1. The lowest BCUT2D eigenvalue weighted by Crippen LogP contribution is -2.44. The van der Waals surface area contributed by atoms with E-state index in [2.05, 4.69) is 32.9 Å². The minimum Gasteiger partial charge on any atom is -0.369 e. The van der Waals surface area contributed by atoms with Gasteiger partial charge in [0, 0.05) is 31.9 Å². The number of hydrogen-bond acceptors (Lipinski definition) is 5. The van der Waals surface area contributed by atoms with E-state index in [1.54, 1.807) is 0 Å². The van der Waals surface area contributed by atoms with E-state index in [0.717, 1.165) is 31.9 Å². The number of hydrogen-bond donors (Lipinski definition) is 1. The van der Waals surface area contributed by atoms with Crippen LogP contribution in [-0.4, -0.2) is 48.1 Å². The van der Waals surface area contributed by atoms with Crippen LogP contribution in [0.3, 0.4) is 0 Å². The molecule has 0 atom stereocenters. The summed E-state index contributed by atoms with van der Waals surface area (Å²) in [6, 6.07) is 5.78. The number of rotatable bonds is 1. The van der Waals surface area contributed by atoms with Crippen molar-refractivity contribution in [1.29, 1.82) is 5.26 Å². The quantitative estimate of drug-likeness (QED) is 0.818. The topological polar surface area (TPSA) is 76.0 Å². The molecule has 6 nitrogen and oxygen atoms in total. The van der Waals surface area contributed by atoms with Gasteiger partial charge in [-0.3, -0.25) is 4.79 Å². The zero-order valence-electron chi connectivity index (χ0n) is 11.3. The Morgan fingerprint density at radius 1 is 1.30 bits per heavy atom. The summed E-state index contributed by atoms with van der Waals surface area (Å²) in [5.74, 6) is 0. The number of benzene rings is 1. The van der Waals surface area contributed by atoms with Gasteiger partial charge in [0.05, 0.1) is 22.8 Å². The van der Waals surface area contributed by atoms with E-state index in [4.69, 9.17) is 0 Å². The third kappa shape index (κ3) is 2.12. The van der Waals surface area contributed by atoms with Crippen molar-refractivity contribution < 1.29 is 0 Å². The van der Waals surface area contributed by atoms with Crippen LogP contribution in [0.2, 0.25) is 0 Å². The highest BCUT2D eigenvalue weighted by atomic mass is 16.1. The number of anilines is 1. The second-order valence-corrected chi connectivity index (χ2v) is 5.02. The first-order valence-electron chi connectivity index (χ1n) is 6.54. The van der Waals surface area contributed by atoms with Gasteiger partial charge in [0.15, 0.2) is 0 Å². The van der Waals surface area contributed by atoms with E-state index in [-0.39, 0.29) is 5.56 Å². The number of H-pyrrole nitrogens is 1. The minimum absolute atomic E-state index is 0.206. The molecule has 0 bridgehead atoms. The predicted octanol–water partition coefficient (Wildman–Crippen LogP) is 0.547. The lowest BCUT2D eigenvalue weighted by atomic mass is 10.1. The van der Waals surface area contributed by atoms with Crippen molar-refractivity contribution in [2.24, 2.45) is 0 Å². The van der Waals surface area contributed by atoms with Crippen LogP contribution in [0.4, 0.5) is 5.69 Å². The third-order valence-electron chi connectivity index (χ3n) is 3.72. The van der Waals surface area contributed by atoms with E-state index in [9.17, 15) is 10.1 Å². The van der Waals surface area contributed by atoms with Crippen molar-refractivity contribution in [3.8, 4) is 6.07 Å². The summed E-state index contributed by atoms with van der Waals surface area (Å²) in [5.41, 5.74) is 1.62. The van der Waals surface area contributed by atoms with Gasteiger partial charge in [-0.1, -0.05) is 0 Å². The minimum atomic E-state index is -0.206. The number of nitriles is 1. The number of fused-ring (bicyclic) bond motifs is 1. The first-order chi connectivity index (χ1) is 9.69. The van der Waals surface area contributed by atoms with E-state index in [1.165, 1.54) is 6.33 Å². The molecule has 1 aromatic heterocycles. The van der Waals surface area contributed by atoms with Gasteiger partial charge < -0.3 is 14.8 Å². The Morgan fingerprint density at radius 3 is 2.75 bits per heavy atom. The van der Waals surface area contributed by atoms with Gasteiger partial charge in [-0.15, -0.1) is 0 Å². The van der Waals surface area contributed by atoms with Gasteiger partial charge in [-0.05, 0) is 19.2 Å². The van der Waals surface area contributed by atoms with Crippen molar-refractivity contribution in [3.05, 3.63) is 34.4 Å². The first kappa shape index (κ1) is 12.6. The van der Waals surface area contributed by atoms with Crippen LogP contribution in [0, 0.1) is 11.3 Å². The van der Waals surface area contributed by atoms with Crippen LogP contribution < -0.4 is 10.5 Å². The van der Waals surface area contributed by atoms with Crippen LogP contribution >= 0.6 is 0 Å². The van der Waals surface area contributed by atoms with Crippen LogP contribution in [-0.2, 0) is 0 Å². The van der Waals surface area contributed by atoms with Crippen molar-refractivity contribution in [3.63, 3.8) is 0 Å². The molecule has 1 aromatic carbocycles. The highest BCUT2D eigenvalue weighted by Gasteiger charge is 2.17. The maximum atomic E-state index is 11.9. The van der Waals surface area contributed by atoms with Crippen LogP contribution in [0.25, 0.3) is 10.9 Å². The maximum absolute atomic E-state index is 11.9. The second-order valence-electron chi connectivity index (χ2n) is 5.02. The van der Waals surface area contributed by atoms with Gasteiger partial charge in [0.25, 0.3) is 5.56 Å². The first-order valence-corrected chi connectivity index (χ1v) is 6.54. The lowest BCUT2D eigenvalue weighted by Gasteiger charge is -2.34. The molecule has 3 rings (SSSR count). The summed E-state index contributed by atoms with van der Waals surface area (Å²) in [6.07, 6.45) is 1.33.